The van der Waals surface area contributed by atoms with Crippen LogP contribution in [0.3, 0.4) is 0 Å². The average molecular weight is 206 g/mol. The molecule has 0 amide bonds. The van der Waals surface area contributed by atoms with Crippen molar-refractivity contribution >= 4 is 11.8 Å². The highest BCUT2D eigenvalue weighted by Crippen LogP contribution is 2.08. The highest BCUT2D eigenvalue weighted by atomic mass is 16.4. The van der Waals surface area contributed by atoms with Crippen LogP contribution in [0.2, 0.25) is 0 Å². The number of nitrogens with two attached hydrogens (primary N) is 6. The summed E-state index contributed by atoms with van der Waals surface area (Å²) >= 11 is 0. The van der Waals surface area contributed by atoms with Gasteiger partial charge in [-0.25, -0.2) is 4.79 Å². The number of carbonyl (C=O) groups is 2. The van der Waals surface area contributed by atoms with Crippen molar-refractivity contribution in [2.75, 3.05) is 0 Å². The molecule has 0 spiro atoms. The molecule has 0 atom stereocenters. The van der Waals surface area contributed by atoms with Gasteiger partial charge in [-0.2, -0.15) is 0 Å². The normalized spacial score (nSPS) is 13.1. The van der Waals surface area contributed by atoms with Gasteiger partial charge < -0.3 is 39.5 Å². The molecule has 14 heavy (non-hydrogen) atoms. The molecule has 9 heteroatoms. The number of rotatable bonds is 4. The molecule has 0 aliphatic heterocycles. The van der Waals surface area contributed by atoms with E-state index >= 15 is 0 Å². The van der Waals surface area contributed by atoms with Gasteiger partial charge in [0.15, 0.2) is 5.66 Å². The molecule has 0 radical (unpaired) electrons. The SMILES string of the molecule is NC(N)C(=O)C(N)(N)C(N)(N)C(=O)O. The van der Waals surface area contributed by atoms with E-state index in [4.69, 9.17) is 39.5 Å². The molecular weight excluding hydrogens is 192 g/mol. The molecule has 0 saturated heterocycles. The Morgan fingerprint density at radius 3 is 1.57 bits per heavy atom. The van der Waals surface area contributed by atoms with Gasteiger partial charge in [0.05, 0.1) is 0 Å². The van der Waals surface area contributed by atoms with Crippen LogP contribution in [0.4, 0.5) is 0 Å². The number of aliphatic carboxylic acids is 1. The molecule has 0 bridgehead atoms. The Bertz CT molecular complexity index is 260. The fraction of sp³-hybridized carbons (Fsp3) is 0.600. The summed E-state index contributed by atoms with van der Waals surface area (Å²) in [4.78, 5) is 21.7. The molecule has 0 aliphatic rings. The second-order valence-electron chi connectivity index (χ2n) is 2.93. The number of carbonyl (C=O) groups excluding carboxylic acids is 1. The maximum atomic E-state index is 11.2. The Morgan fingerprint density at radius 1 is 1.00 bits per heavy atom. The minimum atomic E-state index is -2.64. The maximum absolute atomic E-state index is 11.2. The van der Waals surface area contributed by atoms with Gasteiger partial charge in [0.1, 0.15) is 6.17 Å². The van der Waals surface area contributed by atoms with Crippen LogP contribution in [0.25, 0.3) is 0 Å². The summed E-state index contributed by atoms with van der Waals surface area (Å²) in [6.07, 6.45) is -1.55. The minimum absolute atomic E-state index is 1.15. The molecule has 0 aromatic carbocycles. The monoisotopic (exact) mass is 206 g/mol. The lowest BCUT2D eigenvalue weighted by Gasteiger charge is -2.35. The third kappa shape index (κ3) is 1.87. The number of hydrogen-bond acceptors (Lipinski definition) is 8. The van der Waals surface area contributed by atoms with Crippen LogP contribution in [0.1, 0.15) is 0 Å². The highest BCUT2D eigenvalue weighted by Gasteiger charge is 2.52. The van der Waals surface area contributed by atoms with E-state index in [1.54, 1.807) is 0 Å². The Balaban J connectivity index is 5.14. The van der Waals surface area contributed by atoms with Crippen molar-refractivity contribution in [1.82, 2.24) is 0 Å². The molecule has 0 fully saturated rings. The van der Waals surface area contributed by atoms with E-state index in [0.29, 0.717) is 0 Å². The van der Waals surface area contributed by atoms with Crippen LogP contribution in [0.5, 0.6) is 0 Å². The smallest absolute Gasteiger partial charge is 0.342 e. The van der Waals surface area contributed by atoms with Crippen molar-refractivity contribution in [2.45, 2.75) is 17.5 Å². The van der Waals surface area contributed by atoms with Crippen LogP contribution >= 0.6 is 0 Å². The number of carboxylic acids is 1. The molecule has 82 valence electrons. The van der Waals surface area contributed by atoms with Crippen LogP contribution in [0.15, 0.2) is 0 Å². The van der Waals surface area contributed by atoms with E-state index in [9.17, 15) is 9.59 Å². The average Bonchev–Trinajstić information content (AvgIpc) is 2.01. The number of ketones is 1. The molecule has 0 aromatic heterocycles. The summed E-state index contributed by atoms with van der Waals surface area (Å²) in [6.45, 7) is 0. The van der Waals surface area contributed by atoms with Crippen molar-refractivity contribution in [3.05, 3.63) is 0 Å². The second kappa shape index (κ2) is 3.57. The Kier molecular flexibility index (Phi) is 3.29. The Labute approximate surface area is 79.4 Å². The summed E-state index contributed by atoms with van der Waals surface area (Å²) < 4.78 is 0. The number of Topliss-reactive ketones (excluding diaryl/α,β-unsaturated/α-hetero) is 1. The predicted molar refractivity (Wildman–Crippen MR) is 47.0 cm³/mol. The molecule has 13 N–H and O–H groups in total. The first kappa shape index (κ1) is 12.9. The number of hydrogen-bond donors (Lipinski definition) is 7. The third-order valence-corrected chi connectivity index (χ3v) is 1.75. The molecule has 0 aliphatic carbocycles. The van der Waals surface area contributed by atoms with E-state index in [0.717, 1.165) is 0 Å². The van der Waals surface area contributed by atoms with Crippen LogP contribution in [-0.2, 0) is 9.59 Å². The molecule has 0 unspecified atom stereocenters. The summed E-state index contributed by atoms with van der Waals surface area (Å²) in [6, 6.07) is 0. The molecule has 0 rings (SSSR count). The molecule has 0 saturated carbocycles. The first-order valence-corrected chi connectivity index (χ1v) is 3.49. The van der Waals surface area contributed by atoms with E-state index in [2.05, 4.69) is 0 Å². The standard InChI is InChI=1S/C5H14N6O3/c6-2(7)1(12)4(8,9)5(10,11)3(13)14/h2H,6-11H2,(H,13,14). The number of carboxylic acid groups (broad SMARTS) is 1. The summed E-state index contributed by atoms with van der Waals surface area (Å²) in [5.41, 5.74) is 25.3. The Hall–Kier alpha value is -1.10. The molecular formula is C5H14N6O3. The van der Waals surface area contributed by atoms with Gasteiger partial charge >= 0.3 is 5.97 Å². The lowest BCUT2D eigenvalue weighted by atomic mass is 9.90. The van der Waals surface area contributed by atoms with Crippen LogP contribution in [-0.4, -0.2) is 34.4 Å². The van der Waals surface area contributed by atoms with Gasteiger partial charge in [-0.3, -0.25) is 4.79 Å². The maximum Gasteiger partial charge on any atom is 0.342 e. The fourth-order valence-corrected chi connectivity index (χ4v) is 0.657. The van der Waals surface area contributed by atoms with Gasteiger partial charge in [0.2, 0.25) is 11.4 Å². The van der Waals surface area contributed by atoms with E-state index < -0.39 is 29.2 Å². The predicted octanol–water partition coefficient (Wildman–Crippen LogP) is -4.89. The van der Waals surface area contributed by atoms with Crippen molar-refractivity contribution in [3.8, 4) is 0 Å². The van der Waals surface area contributed by atoms with Gasteiger partial charge in [-0.05, 0) is 0 Å². The third-order valence-electron chi connectivity index (χ3n) is 1.75. The highest BCUT2D eigenvalue weighted by molar-refractivity contribution is 5.98. The topological polar surface area (TPSA) is 210 Å². The van der Waals surface area contributed by atoms with Crippen molar-refractivity contribution in [1.29, 1.82) is 0 Å². The molecule has 0 heterocycles. The van der Waals surface area contributed by atoms with Crippen molar-refractivity contribution < 1.29 is 14.7 Å². The quantitative estimate of drug-likeness (QED) is 0.219. The minimum Gasteiger partial charge on any atom is -0.479 e. The zero-order valence-electron chi connectivity index (χ0n) is 7.31. The van der Waals surface area contributed by atoms with Gasteiger partial charge in [-0.15, -0.1) is 0 Å². The summed E-state index contributed by atoms with van der Waals surface area (Å²) in [5.74, 6) is -2.89. The lowest BCUT2D eigenvalue weighted by molar-refractivity contribution is -0.150. The van der Waals surface area contributed by atoms with Crippen LogP contribution < -0.4 is 34.4 Å². The van der Waals surface area contributed by atoms with E-state index in [-0.39, 0.29) is 0 Å². The zero-order valence-corrected chi connectivity index (χ0v) is 7.31. The summed E-state index contributed by atoms with van der Waals surface area (Å²) in [5, 5.41) is 8.56. The fourth-order valence-electron chi connectivity index (χ4n) is 0.657. The van der Waals surface area contributed by atoms with Crippen LogP contribution in [0, 0.1) is 0 Å². The van der Waals surface area contributed by atoms with E-state index in [1.807, 2.05) is 0 Å². The molecule has 0 aromatic rings. The first-order chi connectivity index (χ1) is 6.05. The second-order valence-corrected chi connectivity index (χ2v) is 2.93. The largest absolute Gasteiger partial charge is 0.479 e. The zero-order chi connectivity index (χ0) is 11.7. The van der Waals surface area contributed by atoms with Gasteiger partial charge in [0, 0.05) is 0 Å². The van der Waals surface area contributed by atoms with Gasteiger partial charge in [0.25, 0.3) is 0 Å². The van der Waals surface area contributed by atoms with Gasteiger partial charge in [-0.1, -0.05) is 0 Å². The van der Waals surface area contributed by atoms with E-state index in [1.165, 1.54) is 0 Å². The lowest BCUT2D eigenvalue weighted by Crippen LogP contribution is -2.84. The van der Waals surface area contributed by atoms with Crippen molar-refractivity contribution in [2.24, 2.45) is 34.4 Å². The van der Waals surface area contributed by atoms with Crippen molar-refractivity contribution in [3.63, 3.8) is 0 Å². The summed E-state index contributed by atoms with van der Waals surface area (Å²) in [7, 11) is 0. The molecule has 9 nitrogen and oxygen atoms in total. The Morgan fingerprint density at radius 2 is 1.36 bits per heavy atom. The first-order valence-electron chi connectivity index (χ1n) is 3.49.